The summed E-state index contributed by atoms with van der Waals surface area (Å²) in [5.41, 5.74) is 0. The lowest BCUT2D eigenvalue weighted by atomic mass is 10.5. The van der Waals surface area contributed by atoms with Crippen LogP contribution in [0.4, 0.5) is 0 Å². The second-order valence-corrected chi connectivity index (χ2v) is 5.78. The number of hydrogen-bond acceptors (Lipinski definition) is 9. The topological polar surface area (TPSA) is 110 Å². The van der Waals surface area contributed by atoms with Crippen LogP contribution in [0.15, 0.2) is 12.2 Å². The number of rotatable bonds is 19. The van der Waals surface area contributed by atoms with Crippen LogP contribution in [0.5, 0.6) is 0 Å². The lowest BCUT2D eigenvalue weighted by Gasteiger charge is -2.13. The molecule has 0 aromatic heterocycles. The van der Waals surface area contributed by atoms with E-state index in [2.05, 4.69) is 0 Å². The number of ether oxygens (including phenoxy) is 6. The second-order valence-electron chi connectivity index (χ2n) is 5.78. The van der Waals surface area contributed by atoms with Crippen LogP contribution in [0.25, 0.3) is 0 Å². The van der Waals surface area contributed by atoms with E-state index >= 15 is 0 Å². The van der Waals surface area contributed by atoms with Crippen molar-refractivity contribution in [3.05, 3.63) is 12.2 Å². The molecule has 1 aliphatic rings. The van der Waals surface area contributed by atoms with Gasteiger partial charge >= 0.3 is 5.97 Å². The van der Waals surface area contributed by atoms with E-state index in [0.717, 1.165) is 4.90 Å². The van der Waals surface area contributed by atoms with E-state index in [4.69, 9.17) is 28.4 Å². The smallest absolute Gasteiger partial charge is 0.308 e. The van der Waals surface area contributed by atoms with Crippen LogP contribution in [0.3, 0.4) is 0 Å². The molecule has 0 aliphatic carbocycles. The highest BCUT2D eigenvalue weighted by Gasteiger charge is 2.22. The van der Waals surface area contributed by atoms with Crippen LogP contribution >= 0.6 is 0 Å². The third-order valence-corrected chi connectivity index (χ3v) is 3.60. The van der Waals surface area contributed by atoms with Gasteiger partial charge in [0.15, 0.2) is 0 Å². The number of nitrogens with zero attached hydrogens (tertiary/aromatic N) is 1. The molecule has 0 N–H and O–H groups in total. The summed E-state index contributed by atoms with van der Waals surface area (Å²) < 4.78 is 31.4. The first-order chi connectivity index (χ1) is 14.1. The van der Waals surface area contributed by atoms with Gasteiger partial charge in [0.1, 0.15) is 0 Å². The number of esters is 1. The predicted octanol–water partition coefficient (Wildman–Crippen LogP) is -0.0524. The van der Waals surface area contributed by atoms with Gasteiger partial charge < -0.3 is 28.4 Å². The number of hydrogen-bond donors (Lipinski definition) is 0. The first-order valence-electron chi connectivity index (χ1n) is 9.73. The fourth-order valence-electron chi connectivity index (χ4n) is 2.18. The molecule has 1 rings (SSSR count). The van der Waals surface area contributed by atoms with Gasteiger partial charge in [0.05, 0.1) is 85.6 Å². The van der Waals surface area contributed by atoms with Gasteiger partial charge in [-0.15, -0.1) is 0 Å². The fourth-order valence-corrected chi connectivity index (χ4v) is 2.18. The van der Waals surface area contributed by atoms with Crippen molar-refractivity contribution in [3.8, 4) is 0 Å². The standard InChI is InChI=1S/C19H31NO9/c1-2-29-19(23)5-7-24-9-11-26-13-15-28-16-14-27-12-10-25-8-6-20-17(21)3-4-18(20)22/h3-4H,2,5-16H2,1H3. The molecule has 0 unspecified atom stereocenters. The second kappa shape index (κ2) is 17.0. The fraction of sp³-hybridized carbons (Fsp3) is 0.737. The third kappa shape index (κ3) is 13.1. The Bertz CT molecular complexity index is 492. The Kier molecular flexibility index (Phi) is 14.8. The number of imide groups is 1. The van der Waals surface area contributed by atoms with Crippen LogP contribution in [0.1, 0.15) is 13.3 Å². The molecule has 1 aliphatic heterocycles. The van der Waals surface area contributed by atoms with Gasteiger partial charge in [-0.1, -0.05) is 0 Å². The van der Waals surface area contributed by atoms with Gasteiger partial charge in [0.25, 0.3) is 11.8 Å². The zero-order valence-electron chi connectivity index (χ0n) is 17.0. The SMILES string of the molecule is CCOC(=O)CCOCCOCCOCCOCCOCCN1C(=O)C=CC1=O. The lowest BCUT2D eigenvalue weighted by Crippen LogP contribution is -2.33. The minimum atomic E-state index is -0.308. The van der Waals surface area contributed by atoms with Gasteiger partial charge in [0.2, 0.25) is 0 Å². The molecule has 1 heterocycles. The summed E-state index contributed by atoms with van der Waals surface area (Å²) in [6, 6.07) is 0. The van der Waals surface area contributed by atoms with Crippen LogP contribution in [0, 0.1) is 0 Å². The molecule has 10 heteroatoms. The molecule has 0 radical (unpaired) electrons. The monoisotopic (exact) mass is 417 g/mol. The summed E-state index contributed by atoms with van der Waals surface area (Å²) in [6.45, 7) is 6.41. The third-order valence-electron chi connectivity index (χ3n) is 3.60. The van der Waals surface area contributed by atoms with Crippen molar-refractivity contribution in [2.75, 3.05) is 79.2 Å². The van der Waals surface area contributed by atoms with Crippen molar-refractivity contribution < 1.29 is 42.8 Å². The number of carbonyl (C=O) groups excluding carboxylic acids is 3. The van der Waals surface area contributed by atoms with E-state index in [-0.39, 0.29) is 37.4 Å². The Morgan fingerprint density at radius 2 is 1.14 bits per heavy atom. The van der Waals surface area contributed by atoms with Crippen molar-refractivity contribution in [1.29, 1.82) is 0 Å². The van der Waals surface area contributed by atoms with E-state index in [0.29, 0.717) is 66.1 Å². The highest BCUT2D eigenvalue weighted by atomic mass is 16.6. The molecule has 10 nitrogen and oxygen atoms in total. The number of amides is 2. The van der Waals surface area contributed by atoms with E-state index < -0.39 is 0 Å². The van der Waals surface area contributed by atoms with Gasteiger partial charge in [-0.3, -0.25) is 19.3 Å². The van der Waals surface area contributed by atoms with E-state index in [1.54, 1.807) is 6.92 Å². The van der Waals surface area contributed by atoms with Gasteiger partial charge in [-0.25, -0.2) is 0 Å². The highest BCUT2D eigenvalue weighted by molar-refractivity contribution is 6.12. The van der Waals surface area contributed by atoms with Crippen LogP contribution < -0.4 is 0 Å². The molecule has 166 valence electrons. The molecule has 0 bridgehead atoms. The Balaban J connectivity index is 1.72. The number of carbonyl (C=O) groups is 3. The summed E-state index contributed by atoms with van der Waals surface area (Å²) in [6.07, 6.45) is 2.75. The molecule has 0 fully saturated rings. The normalized spacial score (nSPS) is 13.5. The quantitative estimate of drug-likeness (QED) is 0.162. The van der Waals surface area contributed by atoms with Crippen LogP contribution in [-0.2, 0) is 42.8 Å². The first kappa shape index (κ1) is 25.2. The van der Waals surface area contributed by atoms with Crippen molar-refractivity contribution in [2.45, 2.75) is 13.3 Å². The molecule has 2 amide bonds. The molecule has 0 saturated heterocycles. The highest BCUT2D eigenvalue weighted by Crippen LogP contribution is 2.02. The zero-order chi connectivity index (χ0) is 21.2. The van der Waals surface area contributed by atoms with E-state index in [1.807, 2.05) is 0 Å². The summed E-state index contributed by atoms with van der Waals surface area (Å²) in [5.74, 6) is -0.877. The maximum Gasteiger partial charge on any atom is 0.308 e. The summed E-state index contributed by atoms with van der Waals surface area (Å²) in [4.78, 5) is 34.8. The van der Waals surface area contributed by atoms with Gasteiger partial charge in [-0.2, -0.15) is 0 Å². The largest absolute Gasteiger partial charge is 0.466 e. The average molecular weight is 417 g/mol. The van der Waals surface area contributed by atoms with Crippen LogP contribution in [0.2, 0.25) is 0 Å². The summed E-state index contributed by atoms with van der Waals surface area (Å²) in [7, 11) is 0. The van der Waals surface area contributed by atoms with Gasteiger partial charge in [-0.05, 0) is 6.92 Å². The maximum atomic E-state index is 11.3. The minimum absolute atomic E-state index is 0.240. The Hall–Kier alpha value is -1.85. The first-order valence-corrected chi connectivity index (χ1v) is 9.73. The Morgan fingerprint density at radius 3 is 1.59 bits per heavy atom. The molecular formula is C19H31NO9. The minimum Gasteiger partial charge on any atom is -0.466 e. The maximum absolute atomic E-state index is 11.3. The summed E-state index contributed by atoms with van der Waals surface area (Å²) >= 11 is 0. The van der Waals surface area contributed by atoms with Crippen LogP contribution in [-0.4, -0.2) is 102 Å². The average Bonchev–Trinajstić information content (AvgIpc) is 3.02. The predicted molar refractivity (Wildman–Crippen MR) is 101 cm³/mol. The molecule has 0 spiro atoms. The van der Waals surface area contributed by atoms with Crippen molar-refractivity contribution in [3.63, 3.8) is 0 Å². The van der Waals surface area contributed by atoms with E-state index in [9.17, 15) is 14.4 Å². The van der Waals surface area contributed by atoms with E-state index in [1.165, 1.54) is 12.2 Å². The Morgan fingerprint density at radius 1 is 0.724 bits per heavy atom. The van der Waals surface area contributed by atoms with Crippen molar-refractivity contribution in [1.82, 2.24) is 4.90 Å². The van der Waals surface area contributed by atoms with Crippen molar-refractivity contribution in [2.24, 2.45) is 0 Å². The molecular weight excluding hydrogens is 386 g/mol. The zero-order valence-corrected chi connectivity index (χ0v) is 17.0. The molecule has 0 aromatic carbocycles. The summed E-state index contributed by atoms with van der Waals surface area (Å²) in [5, 5.41) is 0. The lowest BCUT2D eigenvalue weighted by molar-refractivity contribution is -0.144. The van der Waals surface area contributed by atoms with Gasteiger partial charge in [0, 0.05) is 12.2 Å². The molecule has 29 heavy (non-hydrogen) atoms. The molecule has 0 aromatic rings. The molecule has 0 saturated carbocycles. The van der Waals surface area contributed by atoms with Crippen molar-refractivity contribution >= 4 is 17.8 Å². The Labute approximate surface area is 171 Å². The molecule has 0 atom stereocenters.